The second-order valence-corrected chi connectivity index (χ2v) is 7.31. The van der Waals surface area contributed by atoms with Gasteiger partial charge in [0, 0.05) is 16.5 Å². The summed E-state index contributed by atoms with van der Waals surface area (Å²) in [6.45, 7) is 0. The molecule has 5 nitrogen and oxygen atoms in total. The van der Waals surface area contributed by atoms with Gasteiger partial charge in [-0.2, -0.15) is 0 Å². The molecule has 0 bridgehead atoms. The van der Waals surface area contributed by atoms with E-state index in [1.54, 1.807) is 6.08 Å². The summed E-state index contributed by atoms with van der Waals surface area (Å²) in [6.07, 6.45) is 5.10. The maximum absolute atomic E-state index is 6.44. The van der Waals surface area contributed by atoms with Crippen molar-refractivity contribution in [3.8, 4) is 11.5 Å². The van der Waals surface area contributed by atoms with Gasteiger partial charge in [-0.25, -0.2) is 9.97 Å². The normalized spacial score (nSPS) is 11.4. The van der Waals surface area contributed by atoms with Crippen LogP contribution in [0.4, 0.5) is 5.82 Å². The molecule has 0 saturated carbocycles. The number of anilines is 1. The van der Waals surface area contributed by atoms with Gasteiger partial charge in [-0.05, 0) is 15.9 Å². The number of ether oxygens (including phenoxy) is 2. The van der Waals surface area contributed by atoms with Crippen molar-refractivity contribution in [3.05, 3.63) is 37.4 Å². The van der Waals surface area contributed by atoms with Gasteiger partial charge in [0.15, 0.2) is 11.5 Å². The molecule has 0 radical (unpaired) electrons. The number of hydrogen-bond acceptors (Lipinski definition) is 6. The molecule has 1 aromatic carbocycles. The number of benzene rings is 1. The number of aromatic nitrogens is 2. The van der Waals surface area contributed by atoms with E-state index in [1.165, 1.54) is 31.9 Å². The Morgan fingerprint density at radius 1 is 1.12 bits per heavy atom. The summed E-state index contributed by atoms with van der Waals surface area (Å²) in [4.78, 5) is 8.28. The molecular weight excluding hydrogens is 449 g/mol. The van der Waals surface area contributed by atoms with Gasteiger partial charge in [-0.15, -0.1) is 11.3 Å². The van der Waals surface area contributed by atoms with E-state index in [4.69, 9.17) is 38.4 Å². The van der Waals surface area contributed by atoms with Gasteiger partial charge in [0.05, 0.1) is 34.5 Å². The number of hydrogen-bond donors (Lipinski definition) is 1. The number of halogens is 3. The Labute approximate surface area is 166 Å². The van der Waals surface area contributed by atoms with Crippen molar-refractivity contribution in [1.82, 2.24) is 9.97 Å². The fraction of sp³-hybridized carbons (Fsp3) is 0.125. The third kappa shape index (κ3) is 3.17. The molecule has 0 saturated heterocycles. The molecule has 2 aromatic heterocycles. The number of nitrogen functional groups attached to an aromatic ring is 1. The highest BCUT2D eigenvalue weighted by Gasteiger charge is 2.21. The average molecular weight is 461 g/mol. The molecule has 0 atom stereocenters. The lowest BCUT2D eigenvalue weighted by Gasteiger charge is -2.15. The van der Waals surface area contributed by atoms with Crippen LogP contribution in [0.25, 0.3) is 22.4 Å². The first kappa shape index (κ1) is 18.3. The topological polar surface area (TPSA) is 70.3 Å². The Kier molecular flexibility index (Phi) is 5.38. The van der Waals surface area contributed by atoms with Crippen molar-refractivity contribution >= 4 is 78.7 Å². The van der Waals surface area contributed by atoms with Crippen LogP contribution in [0, 0.1) is 0 Å². The van der Waals surface area contributed by atoms with E-state index in [0.717, 1.165) is 15.8 Å². The molecule has 9 heteroatoms. The minimum absolute atomic E-state index is 0.380. The number of thiophene rings is 1. The molecule has 130 valence electrons. The highest BCUT2D eigenvalue weighted by molar-refractivity contribution is 9.10. The van der Waals surface area contributed by atoms with Crippen LogP contribution in [0.5, 0.6) is 11.5 Å². The van der Waals surface area contributed by atoms with Gasteiger partial charge in [0.1, 0.15) is 16.6 Å². The summed E-state index contributed by atoms with van der Waals surface area (Å²) in [5.74, 6) is 1.35. The number of fused-ring (bicyclic) bond motifs is 1. The summed E-state index contributed by atoms with van der Waals surface area (Å²) in [7, 11) is 3.05. The van der Waals surface area contributed by atoms with E-state index in [2.05, 4.69) is 25.9 Å². The minimum atomic E-state index is 0.380. The summed E-state index contributed by atoms with van der Waals surface area (Å²) in [5, 5.41) is 2.71. The van der Waals surface area contributed by atoms with Crippen molar-refractivity contribution in [2.75, 3.05) is 20.0 Å². The first-order chi connectivity index (χ1) is 12.0. The van der Waals surface area contributed by atoms with Crippen molar-refractivity contribution in [2.24, 2.45) is 0 Å². The largest absolute Gasteiger partial charge is 0.494 e. The number of nitrogens with two attached hydrogens (primary N) is 1. The molecular formula is C16H12BrCl2N3O2S. The van der Waals surface area contributed by atoms with Crippen LogP contribution in [0.2, 0.25) is 10.0 Å². The highest BCUT2D eigenvalue weighted by atomic mass is 79.9. The molecule has 0 aliphatic heterocycles. The van der Waals surface area contributed by atoms with Gasteiger partial charge in [0.25, 0.3) is 0 Å². The summed E-state index contributed by atoms with van der Waals surface area (Å²) >= 11 is 17.8. The molecule has 0 aliphatic carbocycles. The first-order valence-corrected chi connectivity index (χ1v) is 9.36. The Morgan fingerprint density at radius 2 is 1.76 bits per heavy atom. The summed E-state index contributed by atoms with van der Waals surface area (Å²) < 4.78 is 12.1. The van der Waals surface area contributed by atoms with Crippen molar-refractivity contribution in [3.63, 3.8) is 0 Å². The molecule has 3 rings (SSSR count). The van der Waals surface area contributed by atoms with Crippen LogP contribution < -0.4 is 15.2 Å². The molecule has 2 heterocycles. The average Bonchev–Trinajstić information content (AvgIpc) is 3.00. The third-order valence-electron chi connectivity index (χ3n) is 3.52. The Morgan fingerprint density at radius 3 is 2.36 bits per heavy atom. The van der Waals surface area contributed by atoms with Gasteiger partial charge in [-0.3, -0.25) is 0 Å². The monoisotopic (exact) mass is 459 g/mol. The predicted molar refractivity (Wildman–Crippen MR) is 108 cm³/mol. The quantitative estimate of drug-likeness (QED) is 0.554. The lowest BCUT2D eigenvalue weighted by molar-refractivity contribution is 0.389. The predicted octanol–water partition coefficient (Wildman–Crippen LogP) is 5.53. The lowest BCUT2D eigenvalue weighted by atomic mass is 10.1. The van der Waals surface area contributed by atoms with Crippen molar-refractivity contribution in [1.29, 1.82) is 0 Å². The summed E-state index contributed by atoms with van der Waals surface area (Å²) in [6, 6.07) is 0. The van der Waals surface area contributed by atoms with Gasteiger partial charge in [0.2, 0.25) is 0 Å². The van der Waals surface area contributed by atoms with E-state index in [1.807, 2.05) is 11.5 Å². The summed E-state index contributed by atoms with van der Waals surface area (Å²) in [5.41, 5.74) is 8.12. The Balaban J connectivity index is 2.14. The van der Waals surface area contributed by atoms with Crippen LogP contribution in [0.1, 0.15) is 11.1 Å². The van der Waals surface area contributed by atoms with Gasteiger partial charge >= 0.3 is 0 Å². The van der Waals surface area contributed by atoms with E-state index >= 15 is 0 Å². The zero-order valence-electron chi connectivity index (χ0n) is 13.1. The van der Waals surface area contributed by atoms with E-state index in [0.29, 0.717) is 37.4 Å². The standard InChI is InChI=1S/C16H12BrCl2N3O2S/c1-23-13-9(17)14(24-2)11(19)8(10(13)18)4-3-7-5-25-15-12(7)21-6-22-16(15)20/h3-6H,1-2H3,(H2,20,21,22)/b4-3+. The SMILES string of the molecule is COc1c(Cl)c(/C=C/c2csc3c(N)ncnc23)c(Cl)c(OC)c1Br. The fourth-order valence-electron chi connectivity index (χ4n) is 2.32. The smallest absolute Gasteiger partial charge is 0.156 e. The zero-order valence-corrected chi connectivity index (χ0v) is 17.1. The second-order valence-electron chi connectivity index (χ2n) is 4.88. The molecule has 0 unspecified atom stereocenters. The Hall–Kier alpha value is -1.54. The van der Waals surface area contributed by atoms with Crippen LogP contribution in [0.3, 0.4) is 0 Å². The zero-order chi connectivity index (χ0) is 18.1. The fourth-order valence-corrected chi connectivity index (χ4v) is 4.87. The molecule has 25 heavy (non-hydrogen) atoms. The number of nitrogens with zero attached hydrogens (tertiary/aromatic N) is 2. The van der Waals surface area contributed by atoms with Gasteiger partial charge < -0.3 is 15.2 Å². The lowest BCUT2D eigenvalue weighted by Crippen LogP contribution is -1.95. The molecule has 0 aliphatic rings. The highest BCUT2D eigenvalue weighted by Crippen LogP contribution is 2.48. The van der Waals surface area contributed by atoms with Gasteiger partial charge in [-0.1, -0.05) is 35.4 Å². The minimum Gasteiger partial charge on any atom is -0.494 e. The molecule has 0 amide bonds. The second kappa shape index (κ2) is 7.37. The molecule has 0 fully saturated rings. The number of methoxy groups -OCH3 is 2. The Bertz CT molecular complexity index is 960. The maximum Gasteiger partial charge on any atom is 0.156 e. The molecule has 3 aromatic rings. The molecule has 2 N–H and O–H groups in total. The van der Waals surface area contributed by atoms with Crippen LogP contribution in [-0.4, -0.2) is 24.2 Å². The van der Waals surface area contributed by atoms with Crippen LogP contribution in [-0.2, 0) is 0 Å². The third-order valence-corrected chi connectivity index (χ3v) is 6.00. The van der Waals surface area contributed by atoms with Crippen molar-refractivity contribution in [2.45, 2.75) is 0 Å². The van der Waals surface area contributed by atoms with E-state index in [-0.39, 0.29) is 0 Å². The maximum atomic E-state index is 6.44. The van der Waals surface area contributed by atoms with E-state index in [9.17, 15) is 0 Å². The molecule has 0 spiro atoms. The first-order valence-electron chi connectivity index (χ1n) is 6.93. The number of rotatable bonds is 4. The van der Waals surface area contributed by atoms with Crippen LogP contribution >= 0.6 is 50.5 Å². The van der Waals surface area contributed by atoms with Crippen LogP contribution in [0.15, 0.2) is 16.2 Å². The van der Waals surface area contributed by atoms with Crippen molar-refractivity contribution < 1.29 is 9.47 Å². The van der Waals surface area contributed by atoms with E-state index < -0.39 is 0 Å².